The summed E-state index contributed by atoms with van der Waals surface area (Å²) in [5.74, 6) is -1.14. The molecule has 1 aromatic rings. The van der Waals surface area contributed by atoms with Gasteiger partial charge in [-0.2, -0.15) is 4.72 Å². The third-order valence-corrected chi connectivity index (χ3v) is 5.94. The summed E-state index contributed by atoms with van der Waals surface area (Å²) in [7, 11) is -3.76. The van der Waals surface area contributed by atoms with Crippen LogP contribution >= 0.6 is 11.3 Å². The molecule has 1 heterocycles. The highest BCUT2D eigenvalue weighted by atomic mass is 32.2. The molecule has 0 unspecified atom stereocenters. The van der Waals surface area contributed by atoms with Crippen LogP contribution in [0.25, 0.3) is 0 Å². The van der Waals surface area contributed by atoms with Crippen molar-refractivity contribution >= 4 is 27.3 Å². The van der Waals surface area contributed by atoms with Crippen molar-refractivity contribution in [2.45, 2.75) is 50.3 Å². The molecule has 19 heavy (non-hydrogen) atoms. The first kappa shape index (κ1) is 16.1. The first-order valence-corrected chi connectivity index (χ1v) is 8.40. The van der Waals surface area contributed by atoms with Gasteiger partial charge in [0.05, 0.1) is 0 Å². The van der Waals surface area contributed by atoms with Crippen LogP contribution in [0.2, 0.25) is 0 Å². The summed E-state index contributed by atoms with van der Waals surface area (Å²) < 4.78 is 26.8. The van der Waals surface area contributed by atoms with Gasteiger partial charge in [0.2, 0.25) is 0 Å². The van der Waals surface area contributed by atoms with Crippen molar-refractivity contribution in [3.63, 3.8) is 0 Å². The van der Waals surface area contributed by atoms with Crippen LogP contribution < -0.4 is 4.72 Å². The number of hydrogen-bond acceptors (Lipinski definition) is 4. The quantitative estimate of drug-likeness (QED) is 0.809. The molecule has 0 aliphatic heterocycles. The molecule has 1 rings (SSSR count). The molecule has 108 valence electrons. The van der Waals surface area contributed by atoms with Gasteiger partial charge in [-0.3, -0.25) is 4.79 Å². The van der Waals surface area contributed by atoms with E-state index in [-0.39, 0.29) is 4.21 Å². The average molecular weight is 305 g/mol. The number of carboxylic acids is 1. The molecule has 1 aromatic heterocycles. The number of nitrogens with one attached hydrogen (secondary N) is 1. The van der Waals surface area contributed by atoms with E-state index < -0.39 is 22.0 Å². The van der Waals surface area contributed by atoms with Gasteiger partial charge in [-0.05, 0) is 31.9 Å². The van der Waals surface area contributed by atoms with E-state index in [0.717, 1.165) is 22.6 Å². The summed E-state index contributed by atoms with van der Waals surface area (Å²) in [6.07, 6.45) is 1.79. The van der Waals surface area contributed by atoms with Crippen LogP contribution in [0.15, 0.2) is 10.3 Å². The minimum Gasteiger partial charge on any atom is -0.480 e. The number of carboxylic acid groups (broad SMARTS) is 1. The lowest BCUT2D eigenvalue weighted by molar-refractivity contribution is -0.139. The molecule has 0 spiro atoms. The second-order valence-corrected chi connectivity index (χ2v) is 7.65. The van der Waals surface area contributed by atoms with Gasteiger partial charge >= 0.3 is 5.97 Å². The third-order valence-electron chi connectivity index (χ3n) is 2.68. The lowest BCUT2D eigenvalue weighted by Gasteiger charge is -2.14. The maximum atomic E-state index is 12.2. The number of aliphatic carboxylic acids is 1. The van der Waals surface area contributed by atoms with Gasteiger partial charge in [0.15, 0.2) is 0 Å². The van der Waals surface area contributed by atoms with E-state index in [0.29, 0.717) is 18.4 Å². The van der Waals surface area contributed by atoms with Crippen molar-refractivity contribution in [3.05, 3.63) is 16.5 Å². The van der Waals surface area contributed by atoms with E-state index >= 15 is 0 Å². The van der Waals surface area contributed by atoms with E-state index in [9.17, 15) is 13.2 Å². The molecule has 0 aliphatic rings. The van der Waals surface area contributed by atoms with Crippen molar-refractivity contribution in [1.82, 2.24) is 4.72 Å². The van der Waals surface area contributed by atoms with Crippen molar-refractivity contribution in [2.24, 2.45) is 0 Å². The van der Waals surface area contributed by atoms with Crippen LogP contribution in [0.1, 0.15) is 36.6 Å². The summed E-state index contributed by atoms with van der Waals surface area (Å²) >= 11 is 1.16. The Balaban J connectivity index is 2.94. The molecule has 0 bridgehead atoms. The molecule has 5 nitrogen and oxygen atoms in total. The summed E-state index contributed by atoms with van der Waals surface area (Å²) in [6.45, 7) is 5.46. The fourth-order valence-corrected chi connectivity index (χ4v) is 4.68. The highest BCUT2D eigenvalue weighted by molar-refractivity contribution is 7.91. The Labute approximate surface area is 117 Å². The Hall–Kier alpha value is -0.920. The maximum absolute atomic E-state index is 12.2. The van der Waals surface area contributed by atoms with Crippen molar-refractivity contribution < 1.29 is 18.3 Å². The van der Waals surface area contributed by atoms with Gasteiger partial charge < -0.3 is 5.11 Å². The molecular weight excluding hydrogens is 286 g/mol. The predicted molar refractivity (Wildman–Crippen MR) is 75.1 cm³/mol. The fourth-order valence-electron chi connectivity index (χ4n) is 1.77. The van der Waals surface area contributed by atoms with Crippen LogP contribution in [0.5, 0.6) is 0 Å². The first-order valence-electron chi connectivity index (χ1n) is 6.10. The molecule has 0 radical (unpaired) electrons. The van der Waals surface area contributed by atoms with Crippen LogP contribution in [-0.4, -0.2) is 25.5 Å². The highest BCUT2D eigenvalue weighted by Gasteiger charge is 2.27. The molecule has 0 aliphatic carbocycles. The van der Waals surface area contributed by atoms with E-state index in [1.54, 1.807) is 13.0 Å². The Bertz CT molecular complexity index is 548. The number of unbranched alkanes of at least 4 members (excludes halogenated alkanes) is 1. The van der Waals surface area contributed by atoms with Crippen LogP contribution in [-0.2, 0) is 14.8 Å². The normalized spacial score (nSPS) is 13.4. The first-order chi connectivity index (χ1) is 8.77. The maximum Gasteiger partial charge on any atom is 0.321 e. The molecule has 0 saturated carbocycles. The average Bonchev–Trinajstić information content (AvgIpc) is 2.64. The summed E-state index contributed by atoms with van der Waals surface area (Å²) in [4.78, 5) is 12.0. The highest BCUT2D eigenvalue weighted by Crippen LogP contribution is 2.26. The smallest absolute Gasteiger partial charge is 0.321 e. The summed E-state index contributed by atoms with van der Waals surface area (Å²) in [5.41, 5.74) is 0.648. The molecule has 0 saturated heterocycles. The van der Waals surface area contributed by atoms with Gasteiger partial charge in [0.1, 0.15) is 10.3 Å². The monoisotopic (exact) mass is 305 g/mol. The topological polar surface area (TPSA) is 83.5 Å². The number of carbonyl (C=O) groups is 1. The summed E-state index contributed by atoms with van der Waals surface area (Å²) in [5, 5.41) is 9.06. The molecule has 2 N–H and O–H groups in total. The number of rotatable bonds is 7. The zero-order chi connectivity index (χ0) is 14.6. The Morgan fingerprint density at radius 2 is 2.11 bits per heavy atom. The molecule has 7 heteroatoms. The van der Waals surface area contributed by atoms with Crippen molar-refractivity contribution in [3.8, 4) is 0 Å². The Kier molecular flexibility index (Phi) is 5.51. The SMILES string of the molecule is CCCC[C@H](NS(=O)(=O)c1sc(C)cc1C)C(=O)O. The third kappa shape index (κ3) is 4.29. The lowest BCUT2D eigenvalue weighted by Crippen LogP contribution is -2.40. The zero-order valence-corrected chi connectivity index (χ0v) is 12.9. The Morgan fingerprint density at radius 3 is 2.53 bits per heavy atom. The molecule has 0 fully saturated rings. The molecule has 0 aromatic carbocycles. The minimum atomic E-state index is -3.76. The van der Waals surface area contributed by atoms with Gasteiger partial charge in [-0.1, -0.05) is 19.8 Å². The molecular formula is C12H19NO4S2. The van der Waals surface area contributed by atoms with Crippen LogP contribution in [0, 0.1) is 13.8 Å². The molecule has 1 atom stereocenters. The number of sulfonamides is 1. The largest absolute Gasteiger partial charge is 0.480 e. The second-order valence-electron chi connectivity index (χ2n) is 4.48. The molecule has 0 amide bonds. The van der Waals surface area contributed by atoms with Gasteiger partial charge in [-0.15, -0.1) is 11.3 Å². The predicted octanol–water partition coefficient (Wildman–Crippen LogP) is 2.29. The Morgan fingerprint density at radius 1 is 1.47 bits per heavy atom. The van der Waals surface area contributed by atoms with Crippen molar-refractivity contribution in [2.75, 3.05) is 0 Å². The van der Waals surface area contributed by atoms with E-state index in [1.807, 2.05) is 13.8 Å². The number of hydrogen-bond donors (Lipinski definition) is 2. The lowest BCUT2D eigenvalue weighted by atomic mass is 10.1. The van der Waals surface area contributed by atoms with E-state index in [1.165, 1.54) is 0 Å². The van der Waals surface area contributed by atoms with Gasteiger partial charge in [-0.25, -0.2) is 8.42 Å². The number of aryl methyl sites for hydroxylation is 2. The zero-order valence-electron chi connectivity index (χ0n) is 11.3. The van der Waals surface area contributed by atoms with Gasteiger partial charge in [0.25, 0.3) is 10.0 Å². The standard InChI is InChI=1S/C12H19NO4S2/c1-4-5-6-10(11(14)15)13-19(16,17)12-8(2)7-9(3)18-12/h7,10,13H,4-6H2,1-3H3,(H,14,15)/t10-/m0/s1. The van der Waals surface area contributed by atoms with Crippen LogP contribution in [0.3, 0.4) is 0 Å². The second kappa shape index (κ2) is 6.49. The summed E-state index contributed by atoms with van der Waals surface area (Å²) in [6, 6.07) is 0.716. The van der Waals surface area contributed by atoms with E-state index in [4.69, 9.17) is 5.11 Å². The number of thiophene rings is 1. The van der Waals surface area contributed by atoms with E-state index in [2.05, 4.69) is 4.72 Å². The van der Waals surface area contributed by atoms with Crippen LogP contribution in [0.4, 0.5) is 0 Å². The minimum absolute atomic E-state index is 0.202. The fraction of sp³-hybridized carbons (Fsp3) is 0.583. The van der Waals surface area contributed by atoms with Crippen molar-refractivity contribution in [1.29, 1.82) is 0 Å². The van der Waals surface area contributed by atoms with Gasteiger partial charge in [0, 0.05) is 4.88 Å².